The van der Waals surface area contributed by atoms with Crippen molar-refractivity contribution in [2.75, 3.05) is 6.54 Å². The third kappa shape index (κ3) is 3.66. The van der Waals surface area contributed by atoms with E-state index in [4.69, 9.17) is 17.3 Å². The van der Waals surface area contributed by atoms with Gasteiger partial charge in [0.1, 0.15) is 10.9 Å². The highest BCUT2D eigenvalue weighted by atomic mass is 32.2. The average molecular weight is 347 g/mol. The number of hydrogen-bond donors (Lipinski definition) is 1. The van der Waals surface area contributed by atoms with Crippen LogP contribution in [0.3, 0.4) is 0 Å². The van der Waals surface area contributed by atoms with E-state index in [9.17, 15) is 22.8 Å². The van der Waals surface area contributed by atoms with Gasteiger partial charge in [0, 0.05) is 0 Å². The van der Waals surface area contributed by atoms with Crippen LogP contribution < -0.4 is 0 Å². The first-order chi connectivity index (χ1) is 10.2. The zero-order valence-corrected chi connectivity index (χ0v) is 12.4. The number of benzene rings is 1. The third-order valence-corrected chi connectivity index (χ3v) is 4.08. The van der Waals surface area contributed by atoms with Gasteiger partial charge in [0.25, 0.3) is 5.91 Å². The second-order valence-electron chi connectivity index (χ2n) is 4.28. The number of carboxylic acid groups (broad SMARTS) is 1. The van der Waals surface area contributed by atoms with Gasteiger partial charge in [-0.1, -0.05) is 36.1 Å². The number of halogens is 3. The number of carboxylic acids is 1. The maximum atomic E-state index is 12.5. The summed E-state index contributed by atoms with van der Waals surface area (Å²) in [6, 6.07) is 4.27. The van der Waals surface area contributed by atoms with Crippen molar-refractivity contribution >= 4 is 46.3 Å². The summed E-state index contributed by atoms with van der Waals surface area (Å²) < 4.78 is 37.5. The van der Waals surface area contributed by atoms with Gasteiger partial charge in [0.15, 0.2) is 0 Å². The molecular formula is C13H8F3NO3S2. The molecule has 116 valence electrons. The van der Waals surface area contributed by atoms with Gasteiger partial charge in [-0.2, -0.15) is 13.2 Å². The molecule has 1 saturated heterocycles. The molecule has 0 unspecified atom stereocenters. The molecule has 0 spiro atoms. The highest BCUT2D eigenvalue weighted by molar-refractivity contribution is 8.26. The quantitative estimate of drug-likeness (QED) is 0.673. The van der Waals surface area contributed by atoms with Crippen LogP contribution in [-0.2, 0) is 15.8 Å². The minimum atomic E-state index is -4.43. The third-order valence-electron chi connectivity index (χ3n) is 2.70. The molecule has 0 saturated carbocycles. The van der Waals surface area contributed by atoms with Crippen LogP contribution in [0.1, 0.15) is 11.1 Å². The van der Waals surface area contributed by atoms with Crippen molar-refractivity contribution in [1.82, 2.24) is 4.90 Å². The Morgan fingerprint density at radius 3 is 2.41 bits per heavy atom. The highest BCUT2D eigenvalue weighted by Gasteiger charge is 2.33. The molecule has 9 heteroatoms. The summed E-state index contributed by atoms with van der Waals surface area (Å²) in [4.78, 5) is 23.7. The van der Waals surface area contributed by atoms with Crippen LogP contribution in [0.4, 0.5) is 13.2 Å². The summed E-state index contributed by atoms with van der Waals surface area (Å²) in [6.45, 7) is -0.547. The molecule has 1 aromatic rings. The molecule has 1 N–H and O–H groups in total. The van der Waals surface area contributed by atoms with Crippen molar-refractivity contribution < 1.29 is 27.9 Å². The van der Waals surface area contributed by atoms with E-state index in [2.05, 4.69) is 0 Å². The zero-order valence-electron chi connectivity index (χ0n) is 10.8. The molecule has 0 aliphatic carbocycles. The average Bonchev–Trinajstić information content (AvgIpc) is 2.66. The Morgan fingerprint density at radius 1 is 1.32 bits per heavy atom. The normalized spacial score (nSPS) is 17.4. The number of aliphatic carboxylic acids is 1. The van der Waals surface area contributed by atoms with Crippen LogP contribution in [0.2, 0.25) is 0 Å². The number of thioether (sulfide) groups is 1. The van der Waals surface area contributed by atoms with Gasteiger partial charge in [-0.05, 0) is 23.8 Å². The van der Waals surface area contributed by atoms with E-state index < -0.39 is 30.2 Å². The molecule has 1 aliphatic rings. The number of hydrogen-bond acceptors (Lipinski definition) is 4. The Bertz CT molecular complexity index is 668. The van der Waals surface area contributed by atoms with E-state index >= 15 is 0 Å². The second-order valence-corrected chi connectivity index (χ2v) is 5.96. The smallest absolute Gasteiger partial charge is 0.416 e. The van der Waals surface area contributed by atoms with Crippen LogP contribution in [-0.4, -0.2) is 32.7 Å². The van der Waals surface area contributed by atoms with Crippen molar-refractivity contribution in [3.05, 3.63) is 40.3 Å². The lowest BCUT2D eigenvalue weighted by Gasteiger charge is -2.10. The molecule has 1 aromatic carbocycles. The van der Waals surface area contributed by atoms with Crippen molar-refractivity contribution in [3.8, 4) is 0 Å². The summed E-state index contributed by atoms with van der Waals surface area (Å²) in [5, 5.41) is 8.70. The maximum Gasteiger partial charge on any atom is 0.416 e. The number of carbonyl (C=O) groups excluding carboxylic acids is 1. The van der Waals surface area contributed by atoms with Crippen molar-refractivity contribution in [3.63, 3.8) is 0 Å². The first-order valence-electron chi connectivity index (χ1n) is 5.83. The lowest BCUT2D eigenvalue weighted by molar-refractivity contribution is -0.140. The SMILES string of the molecule is O=C(O)CN1C(=O)C(=Cc2ccc(C(F)(F)F)cc2)SC1=S. The highest BCUT2D eigenvalue weighted by Crippen LogP contribution is 2.33. The fourth-order valence-electron chi connectivity index (χ4n) is 1.69. The first kappa shape index (κ1) is 16.5. The van der Waals surface area contributed by atoms with Crippen LogP contribution in [0, 0.1) is 0 Å². The van der Waals surface area contributed by atoms with Gasteiger partial charge in [-0.25, -0.2) is 0 Å². The molecule has 22 heavy (non-hydrogen) atoms. The molecule has 0 bridgehead atoms. The number of amides is 1. The van der Waals surface area contributed by atoms with E-state index in [1.165, 1.54) is 18.2 Å². The number of thiocarbonyl (C=S) groups is 1. The van der Waals surface area contributed by atoms with Crippen molar-refractivity contribution in [2.24, 2.45) is 0 Å². The second kappa shape index (κ2) is 6.09. The van der Waals surface area contributed by atoms with Crippen molar-refractivity contribution in [2.45, 2.75) is 6.18 Å². The van der Waals surface area contributed by atoms with E-state index in [0.29, 0.717) is 5.56 Å². The molecule has 1 amide bonds. The summed E-state index contributed by atoms with van der Waals surface area (Å²) in [5.41, 5.74) is -0.396. The van der Waals surface area contributed by atoms with Gasteiger partial charge >= 0.3 is 12.1 Å². The van der Waals surface area contributed by atoms with Gasteiger partial charge in [0.2, 0.25) is 0 Å². The molecule has 4 nitrogen and oxygen atoms in total. The monoisotopic (exact) mass is 347 g/mol. The van der Waals surface area contributed by atoms with Crippen LogP contribution >= 0.6 is 24.0 Å². The Morgan fingerprint density at radius 2 is 1.91 bits per heavy atom. The van der Waals surface area contributed by atoms with Crippen LogP contribution in [0.25, 0.3) is 6.08 Å². The van der Waals surface area contributed by atoms with Gasteiger partial charge < -0.3 is 5.11 Å². The predicted molar refractivity (Wildman–Crippen MR) is 79.0 cm³/mol. The fourth-order valence-corrected chi connectivity index (χ4v) is 2.95. The Labute approximate surface area is 132 Å². The Balaban J connectivity index is 2.22. The molecule has 1 heterocycles. The minimum Gasteiger partial charge on any atom is -0.480 e. The number of carbonyl (C=O) groups is 2. The Kier molecular flexibility index (Phi) is 4.57. The number of rotatable bonds is 3. The van der Waals surface area contributed by atoms with E-state index in [1.807, 2.05) is 0 Å². The van der Waals surface area contributed by atoms with E-state index in [0.717, 1.165) is 28.8 Å². The molecule has 0 radical (unpaired) electrons. The molecule has 1 fully saturated rings. The number of nitrogens with zero attached hydrogens (tertiary/aromatic N) is 1. The standard InChI is InChI=1S/C13H8F3NO3S2/c14-13(15,16)8-3-1-7(2-4-8)5-9-11(20)17(6-10(18)19)12(21)22-9/h1-5H,6H2,(H,18,19). The largest absolute Gasteiger partial charge is 0.480 e. The lowest BCUT2D eigenvalue weighted by atomic mass is 10.1. The van der Waals surface area contributed by atoms with Gasteiger partial charge in [0.05, 0.1) is 10.5 Å². The summed E-state index contributed by atoms with van der Waals surface area (Å²) in [6.07, 6.45) is -3.05. The maximum absolute atomic E-state index is 12.5. The van der Waals surface area contributed by atoms with E-state index in [-0.39, 0.29) is 9.23 Å². The zero-order chi connectivity index (χ0) is 16.5. The predicted octanol–water partition coefficient (Wildman–Crippen LogP) is 2.99. The molecule has 0 atom stereocenters. The molecule has 2 rings (SSSR count). The summed E-state index contributed by atoms with van der Waals surface area (Å²) in [5.74, 6) is -1.77. The summed E-state index contributed by atoms with van der Waals surface area (Å²) >= 11 is 5.83. The minimum absolute atomic E-state index is 0.102. The van der Waals surface area contributed by atoms with Crippen molar-refractivity contribution in [1.29, 1.82) is 0 Å². The van der Waals surface area contributed by atoms with Crippen LogP contribution in [0.15, 0.2) is 29.2 Å². The summed E-state index contributed by atoms with van der Waals surface area (Å²) in [7, 11) is 0. The Hall–Kier alpha value is -1.87. The number of alkyl halides is 3. The lowest BCUT2D eigenvalue weighted by Crippen LogP contribution is -2.33. The molecule has 0 aromatic heterocycles. The van der Waals surface area contributed by atoms with Gasteiger partial charge in [-0.15, -0.1) is 0 Å². The van der Waals surface area contributed by atoms with Gasteiger partial charge in [-0.3, -0.25) is 14.5 Å². The van der Waals surface area contributed by atoms with E-state index in [1.54, 1.807) is 0 Å². The molecule has 1 aliphatic heterocycles. The first-order valence-corrected chi connectivity index (χ1v) is 7.05. The van der Waals surface area contributed by atoms with Crippen LogP contribution in [0.5, 0.6) is 0 Å². The fraction of sp³-hybridized carbons (Fsp3) is 0.154. The topological polar surface area (TPSA) is 57.6 Å². The molecular weight excluding hydrogens is 339 g/mol.